The normalized spacial score (nSPS) is 11.7. The number of sulfone groups is 1. The van der Waals surface area contributed by atoms with Crippen molar-refractivity contribution >= 4 is 37.9 Å². The summed E-state index contributed by atoms with van der Waals surface area (Å²) in [5.74, 6) is 0.732. The van der Waals surface area contributed by atoms with Crippen molar-refractivity contribution in [3.05, 3.63) is 59.8 Å². The molecule has 0 aliphatic rings. The number of para-hydroxylation sites is 2. The second kappa shape index (κ2) is 10.1. The molecule has 1 heterocycles. The number of pyridine rings is 1. The summed E-state index contributed by atoms with van der Waals surface area (Å²) < 4.78 is 28.7. The highest BCUT2D eigenvalue weighted by atomic mass is 32.2. The van der Waals surface area contributed by atoms with Gasteiger partial charge in [0.1, 0.15) is 17.9 Å². The molecule has 0 unspecified atom stereocenters. The summed E-state index contributed by atoms with van der Waals surface area (Å²) in [6, 6.07) is 13.5. The average Bonchev–Trinajstić information content (AvgIpc) is 2.73. The summed E-state index contributed by atoms with van der Waals surface area (Å²) in [4.78, 5) is 17.4. The molecule has 0 saturated heterocycles. The maximum atomic E-state index is 12.9. The average molecular weight is 455 g/mol. The van der Waals surface area contributed by atoms with Gasteiger partial charge in [0.2, 0.25) is 0 Å². The summed E-state index contributed by atoms with van der Waals surface area (Å²) in [5, 5.41) is 4.25. The minimum Gasteiger partial charge on any atom is -0.490 e. The van der Waals surface area contributed by atoms with Crippen molar-refractivity contribution in [2.45, 2.75) is 39.5 Å². The van der Waals surface area contributed by atoms with Gasteiger partial charge in [0.05, 0.1) is 17.0 Å². The Morgan fingerprint density at radius 3 is 2.56 bits per heavy atom. The summed E-state index contributed by atoms with van der Waals surface area (Å²) in [6.07, 6.45) is 3.94. The van der Waals surface area contributed by atoms with Gasteiger partial charge in [-0.3, -0.25) is 9.78 Å². The van der Waals surface area contributed by atoms with Crippen LogP contribution in [0, 0.1) is 0 Å². The van der Waals surface area contributed by atoms with E-state index in [0.29, 0.717) is 34.9 Å². The van der Waals surface area contributed by atoms with Gasteiger partial charge in [-0.15, -0.1) is 0 Å². The fourth-order valence-electron chi connectivity index (χ4n) is 3.57. The van der Waals surface area contributed by atoms with Gasteiger partial charge in [0, 0.05) is 29.9 Å². The Labute approximate surface area is 189 Å². The molecule has 2 aromatic carbocycles. The number of ketones is 1. The van der Waals surface area contributed by atoms with Crippen LogP contribution < -0.4 is 10.1 Å². The number of hydrogen-bond acceptors (Lipinski definition) is 6. The van der Waals surface area contributed by atoms with Crippen molar-refractivity contribution in [2.75, 3.05) is 23.9 Å². The topological polar surface area (TPSA) is 85.4 Å². The number of nitrogens with one attached hydrogen (secondary N) is 1. The molecular weight excluding hydrogens is 424 g/mol. The highest BCUT2D eigenvalue weighted by Crippen LogP contribution is 2.36. The number of hydrogen-bond donors (Lipinski definition) is 1. The second-order valence-electron chi connectivity index (χ2n) is 8.22. The van der Waals surface area contributed by atoms with E-state index >= 15 is 0 Å². The lowest BCUT2D eigenvalue weighted by Gasteiger charge is -2.19. The molecule has 3 aromatic rings. The van der Waals surface area contributed by atoms with E-state index in [2.05, 4.69) is 30.2 Å². The van der Waals surface area contributed by atoms with Gasteiger partial charge >= 0.3 is 0 Å². The van der Waals surface area contributed by atoms with Crippen LogP contribution in [0.25, 0.3) is 10.9 Å². The Kier molecular flexibility index (Phi) is 7.51. The molecule has 0 saturated carbocycles. The van der Waals surface area contributed by atoms with Crippen molar-refractivity contribution in [1.82, 2.24) is 4.98 Å². The fraction of sp³-hybridized carbons (Fsp3) is 0.360. The van der Waals surface area contributed by atoms with Crippen molar-refractivity contribution in [1.29, 1.82) is 0 Å². The SMILES string of the molecule is CCCC(=O)c1cnc2c(OCCS(C)(=O)=O)cccc2c1Nc1ccccc1C(C)C. The fourth-order valence-corrected chi connectivity index (χ4v) is 3.96. The zero-order chi connectivity index (χ0) is 23.3. The van der Waals surface area contributed by atoms with E-state index in [9.17, 15) is 13.2 Å². The van der Waals surface area contributed by atoms with E-state index < -0.39 is 9.84 Å². The third-order valence-electron chi connectivity index (χ3n) is 5.19. The summed E-state index contributed by atoms with van der Waals surface area (Å²) in [7, 11) is -3.14. The maximum Gasteiger partial charge on any atom is 0.166 e. The molecule has 6 nitrogen and oxygen atoms in total. The first-order valence-corrected chi connectivity index (χ1v) is 12.9. The standard InChI is InChI=1S/C25H30N2O4S/c1-5-9-22(28)20-16-26-25-19(11-8-13-23(25)31-14-15-32(4,29)30)24(20)27-21-12-7-6-10-18(21)17(2)3/h6-8,10-13,16-17H,5,9,14-15H2,1-4H3,(H,26,27). The van der Waals surface area contributed by atoms with E-state index in [1.807, 2.05) is 37.3 Å². The monoisotopic (exact) mass is 454 g/mol. The molecule has 0 bridgehead atoms. The number of benzene rings is 2. The molecule has 0 amide bonds. The molecular formula is C25H30N2O4S. The molecule has 170 valence electrons. The molecule has 0 aliphatic carbocycles. The predicted molar refractivity (Wildman–Crippen MR) is 130 cm³/mol. The number of fused-ring (bicyclic) bond motifs is 1. The van der Waals surface area contributed by atoms with Crippen LogP contribution in [0.3, 0.4) is 0 Å². The van der Waals surface area contributed by atoms with Crippen LogP contribution in [0.5, 0.6) is 5.75 Å². The molecule has 0 spiro atoms. The van der Waals surface area contributed by atoms with Gasteiger partial charge in [-0.2, -0.15) is 0 Å². The van der Waals surface area contributed by atoms with Crippen LogP contribution in [-0.4, -0.2) is 37.8 Å². The van der Waals surface area contributed by atoms with Crippen LogP contribution >= 0.6 is 0 Å². The minimum atomic E-state index is -3.14. The molecule has 0 aliphatic heterocycles. The van der Waals surface area contributed by atoms with Crippen molar-refractivity contribution in [3.63, 3.8) is 0 Å². The van der Waals surface area contributed by atoms with E-state index in [4.69, 9.17) is 4.74 Å². The highest BCUT2D eigenvalue weighted by Gasteiger charge is 2.19. The number of nitrogens with zero attached hydrogens (tertiary/aromatic N) is 1. The quantitative estimate of drug-likeness (QED) is 0.407. The first-order chi connectivity index (χ1) is 15.2. The number of carbonyl (C=O) groups is 1. The van der Waals surface area contributed by atoms with Gasteiger partial charge in [0.15, 0.2) is 15.6 Å². The lowest BCUT2D eigenvalue weighted by molar-refractivity contribution is 0.0982. The number of carbonyl (C=O) groups excluding carboxylic acids is 1. The molecule has 3 rings (SSSR count). The number of anilines is 2. The zero-order valence-corrected chi connectivity index (χ0v) is 19.8. The minimum absolute atomic E-state index is 0.0230. The molecule has 0 radical (unpaired) electrons. The molecule has 0 fully saturated rings. The smallest absolute Gasteiger partial charge is 0.166 e. The van der Waals surface area contributed by atoms with Crippen molar-refractivity contribution in [2.24, 2.45) is 0 Å². The van der Waals surface area contributed by atoms with Gasteiger partial charge in [-0.1, -0.05) is 51.1 Å². The summed E-state index contributed by atoms with van der Waals surface area (Å²) in [5.41, 5.74) is 3.88. The van der Waals surface area contributed by atoms with Crippen LogP contribution in [0.4, 0.5) is 11.4 Å². The second-order valence-corrected chi connectivity index (χ2v) is 10.5. The van der Waals surface area contributed by atoms with Gasteiger partial charge in [-0.05, 0) is 30.0 Å². The van der Waals surface area contributed by atoms with Crippen LogP contribution in [0.1, 0.15) is 55.5 Å². The molecule has 32 heavy (non-hydrogen) atoms. The Hall–Kier alpha value is -2.93. The molecule has 1 aromatic heterocycles. The van der Waals surface area contributed by atoms with Gasteiger partial charge in [-0.25, -0.2) is 8.42 Å². The Morgan fingerprint density at radius 1 is 1.12 bits per heavy atom. The lowest BCUT2D eigenvalue weighted by Crippen LogP contribution is -2.12. The number of rotatable bonds is 10. The summed E-state index contributed by atoms with van der Waals surface area (Å²) in [6.45, 7) is 6.26. The summed E-state index contributed by atoms with van der Waals surface area (Å²) >= 11 is 0. The highest BCUT2D eigenvalue weighted by molar-refractivity contribution is 7.90. The Morgan fingerprint density at radius 2 is 1.88 bits per heavy atom. The number of aromatic nitrogens is 1. The largest absolute Gasteiger partial charge is 0.490 e. The third-order valence-corrected chi connectivity index (χ3v) is 6.10. The van der Waals surface area contributed by atoms with E-state index in [0.717, 1.165) is 23.1 Å². The van der Waals surface area contributed by atoms with Crippen LogP contribution in [0.15, 0.2) is 48.7 Å². The molecule has 7 heteroatoms. The number of ether oxygens (including phenoxy) is 1. The Balaban J connectivity index is 2.11. The van der Waals surface area contributed by atoms with Crippen molar-refractivity contribution < 1.29 is 17.9 Å². The predicted octanol–water partition coefficient (Wildman–Crippen LogP) is 5.51. The van der Waals surface area contributed by atoms with E-state index in [-0.39, 0.29) is 18.1 Å². The maximum absolute atomic E-state index is 12.9. The van der Waals surface area contributed by atoms with Crippen LogP contribution in [-0.2, 0) is 9.84 Å². The number of Topliss-reactive ketones (excluding diaryl/α,β-unsaturated/α-hetero) is 1. The zero-order valence-electron chi connectivity index (χ0n) is 19.0. The van der Waals surface area contributed by atoms with Gasteiger partial charge in [0.25, 0.3) is 0 Å². The first kappa shape index (κ1) is 23.7. The van der Waals surface area contributed by atoms with E-state index in [1.165, 1.54) is 6.26 Å². The molecule has 1 N–H and O–H groups in total. The Bertz CT molecular complexity index is 1220. The van der Waals surface area contributed by atoms with Crippen molar-refractivity contribution in [3.8, 4) is 5.75 Å². The molecule has 0 atom stereocenters. The lowest BCUT2D eigenvalue weighted by atomic mass is 9.99. The van der Waals surface area contributed by atoms with E-state index in [1.54, 1.807) is 12.3 Å². The van der Waals surface area contributed by atoms with Gasteiger partial charge < -0.3 is 10.1 Å². The first-order valence-electron chi connectivity index (χ1n) is 10.8. The van der Waals surface area contributed by atoms with Crippen LogP contribution in [0.2, 0.25) is 0 Å². The third kappa shape index (κ3) is 5.65.